The summed E-state index contributed by atoms with van der Waals surface area (Å²) in [6.07, 6.45) is 3.68. The van der Waals surface area contributed by atoms with Gasteiger partial charge in [0.1, 0.15) is 0 Å². The van der Waals surface area contributed by atoms with Gasteiger partial charge in [0.05, 0.1) is 17.4 Å². The fourth-order valence-electron chi connectivity index (χ4n) is 4.68. The minimum Gasteiger partial charge on any atom is -0.345 e. The van der Waals surface area contributed by atoms with Crippen LogP contribution in [0.4, 0.5) is 0 Å². The molecule has 0 saturated carbocycles. The molecule has 2 fully saturated rings. The van der Waals surface area contributed by atoms with Gasteiger partial charge in [-0.3, -0.25) is 9.59 Å². The van der Waals surface area contributed by atoms with Gasteiger partial charge in [0.2, 0.25) is 0 Å². The van der Waals surface area contributed by atoms with Crippen LogP contribution < -0.4 is 0 Å². The van der Waals surface area contributed by atoms with Crippen molar-refractivity contribution in [3.63, 3.8) is 0 Å². The van der Waals surface area contributed by atoms with Crippen LogP contribution in [0.5, 0.6) is 0 Å². The molecule has 3 heterocycles. The average molecular weight is 388 g/mol. The Hall–Kier alpha value is -3.15. The van der Waals surface area contributed by atoms with Gasteiger partial charge in [-0.15, -0.1) is 0 Å². The number of carbonyl (C=O) groups excluding carboxylic acids is 2. The van der Waals surface area contributed by atoms with Gasteiger partial charge in [0.15, 0.2) is 0 Å². The number of carbonyl (C=O) groups is 2. The van der Waals surface area contributed by atoms with E-state index in [9.17, 15) is 9.59 Å². The van der Waals surface area contributed by atoms with Gasteiger partial charge in [-0.05, 0) is 50.1 Å². The zero-order valence-electron chi connectivity index (χ0n) is 16.5. The van der Waals surface area contributed by atoms with Crippen molar-refractivity contribution < 1.29 is 9.59 Å². The number of hydrogen-bond donors (Lipinski definition) is 1. The summed E-state index contributed by atoms with van der Waals surface area (Å²) >= 11 is 0. The summed E-state index contributed by atoms with van der Waals surface area (Å²) in [5, 5.41) is 0. The Balaban J connectivity index is 1.27. The van der Waals surface area contributed by atoms with E-state index in [0.717, 1.165) is 54.6 Å². The molecule has 2 aliphatic heterocycles. The van der Waals surface area contributed by atoms with Crippen LogP contribution in [0, 0.1) is 12.3 Å². The number of H-pyrrole nitrogens is 1. The van der Waals surface area contributed by atoms with Gasteiger partial charge in [0.25, 0.3) is 11.8 Å². The Labute approximate surface area is 169 Å². The van der Waals surface area contributed by atoms with Gasteiger partial charge in [-0.1, -0.05) is 17.7 Å². The molecular formula is C23H24N4O2. The normalized spacial score (nSPS) is 18.1. The maximum atomic E-state index is 13.1. The second kappa shape index (κ2) is 6.72. The fraction of sp³-hybridized carbons (Fsp3) is 0.348. The van der Waals surface area contributed by atoms with E-state index in [0.29, 0.717) is 12.1 Å². The number of aromatic amines is 1. The Morgan fingerprint density at radius 2 is 1.66 bits per heavy atom. The van der Waals surface area contributed by atoms with Crippen LogP contribution in [0.1, 0.15) is 39.1 Å². The van der Waals surface area contributed by atoms with Gasteiger partial charge in [-0.25, -0.2) is 4.98 Å². The second-order valence-electron chi connectivity index (χ2n) is 8.49. The van der Waals surface area contributed by atoms with Crippen LogP contribution in [-0.2, 0) is 0 Å². The number of nitrogens with zero attached hydrogens (tertiary/aromatic N) is 3. The first-order valence-electron chi connectivity index (χ1n) is 10.1. The van der Waals surface area contributed by atoms with Crippen LogP contribution in [-0.4, -0.2) is 57.8 Å². The zero-order chi connectivity index (χ0) is 20.0. The third kappa shape index (κ3) is 3.18. The van der Waals surface area contributed by atoms with Crippen molar-refractivity contribution in [2.75, 3.05) is 26.2 Å². The Morgan fingerprint density at radius 3 is 2.45 bits per heavy atom. The lowest BCUT2D eigenvalue weighted by Gasteiger charge is -2.54. The first-order valence-corrected chi connectivity index (χ1v) is 10.1. The highest BCUT2D eigenvalue weighted by Gasteiger charge is 2.48. The summed E-state index contributed by atoms with van der Waals surface area (Å²) in [4.78, 5) is 37.0. The first-order chi connectivity index (χ1) is 14.0. The highest BCUT2D eigenvalue weighted by molar-refractivity contribution is 5.97. The molecule has 0 aliphatic carbocycles. The van der Waals surface area contributed by atoms with E-state index in [-0.39, 0.29) is 17.2 Å². The van der Waals surface area contributed by atoms with Gasteiger partial charge in [-0.2, -0.15) is 0 Å². The number of piperidine rings is 1. The number of aryl methyl sites for hydroxylation is 1. The Morgan fingerprint density at radius 1 is 0.966 bits per heavy atom. The number of fused-ring (bicyclic) bond motifs is 1. The number of likely N-dealkylation sites (tertiary alicyclic amines) is 2. The molecule has 2 saturated heterocycles. The molecule has 6 nitrogen and oxygen atoms in total. The van der Waals surface area contributed by atoms with Crippen LogP contribution >= 0.6 is 0 Å². The predicted octanol–water partition coefficient (Wildman–Crippen LogP) is 3.25. The quantitative estimate of drug-likeness (QED) is 0.733. The SMILES string of the molecule is Cc1ccc(C(=O)N2CC3(CCCN(C(=O)c4ccc5nc[nH]c5c4)C3)C2)cc1. The summed E-state index contributed by atoms with van der Waals surface area (Å²) in [5.74, 6) is 0.146. The minimum atomic E-state index is 0.0341. The predicted molar refractivity (Wildman–Crippen MR) is 111 cm³/mol. The molecule has 0 atom stereocenters. The molecule has 2 aromatic carbocycles. The van der Waals surface area contributed by atoms with Crippen molar-refractivity contribution >= 4 is 22.8 Å². The van der Waals surface area contributed by atoms with E-state index < -0.39 is 0 Å². The number of aromatic nitrogens is 2. The van der Waals surface area contributed by atoms with E-state index in [2.05, 4.69) is 9.97 Å². The summed E-state index contributed by atoms with van der Waals surface area (Å²) in [6, 6.07) is 13.3. The number of amides is 2. The second-order valence-corrected chi connectivity index (χ2v) is 8.49. The smallest absolute Gasteiger partial charge is 0.253 e. The minimum absolute atomic E-state index is 0.0341. The molecule has 0 bridgehead atoms. The Kier molecular flexibility index (Phi) is 4.15. The largest absolute Gasteiger partial charge is 0.345 e. The molecular weight excluding hydrogens is 364 g/mol. The van der Waals surface area contributed by atoms with Crippen molar-refractivity contribution in [1.29, 1.82) is 0 Å². The monoisotopic (exact) mass is 388 g/mol. The average Bonchev–Trinajstić information content (AvgIpc) is 3.19. The number of imidazole rings is 1. The first kappa shape index (κ1) is 17.9. The van der Waals surface area contributed by atoms with Crippen molar-refractivity contribution in [1.82, 2.24) is 19.8 Å². The van der Waals surface area contributed by atoms with Crippen molar-refractivity contribution in [2.24, 2.45) is 5.41 Å². The van der Waals surface area contributed by atoms with Crippen molar-refractivity contribution in [3.8, 4) is 0 Å². The molecule has 2 amide bonds. The van der Waals surface area contributed by atoms with Crippen molar-refractivity contribution in [2.45, 2.75) is 19.8 Å². The highest BCUT2D eigenvalue weighted by atomic mass is 16.2. The third-order valence-electron chi connectivity index (χ3n) is 6.25. The van der Waals surface area contributed by atoms with E-state index in [4.69, 9.17) is 0 Å². The summed E-state index contributed by atoms with van der Waals surface area (Å²) in [7, 11) is 0. The van der Waals surface area contributed by atoms with E-state index in [1.54, 1.807) is 6.33 Å². The van der Waals surface area contributed by atoms with E-state index in [1.165, 1.54) is 0 Å². The van der Waals surface area contributed by atoms with Gasteiger partial charge in [0, 0.05) is 42.7 Å². The molecule has 5 rings (SSSR count). The standard InChI is InChI=1S/C23H24N4O2/c1-16-3-5-17(6-4-16)21(28)27-13-23(14-27)9-2-10-26(12-23)22(29)18-7-8-19-20(11-18)25-15-24-19/h3-8,11,15H,2,9-10,12-14H2,1H3,(H,24,25). The van der Waals surface area contributed by atoms with E-state index in [1.807, 2.05) is 59.2 Å². The van der Waals surface area contributed by atoms with Crippen LogP contribution in [0.25, 0.3) is 11.0 Å². The molecule has 3 aromatic rings. The molecule has 29 heavy (non-hydrogen) atoms. The molecule has 1 aromatic heterocycles. The number of benzene rings is 2. The topological polar surface area (TPSA) is 69.3 Å². The molecule has 0 unspecified atom stereocenters. The summed E-state index contributed by atoms with van der Waals surface area (Å²) < 4.78 is 0. The van der Waals surface area contributed by atoms with E-state index >= 15 is 0 Å². The van der Waals surface area contributed by atoms with Crippen molar-refractivity contribution in [3.05, 3.63) is 65.5 Å². The third-order valence-corrected chi connectivity index (χ3v) is 6.25. The molecule has 6 heteroatoms. The zero-order valence-corrected chi connectivity index (χ0v) is 16.5. The van der Waals surface area contributed by atoms with Gasteiger partial charge >= 0.3 is 0 Å². The molecule has 0 radical (unpaired) electrons. The highest BCUT2D eigenvalue weighted by Crippen LogP contribution is 2.40. The molecule has 1 N–H and O–H groups in total. The van der Waals surface area contributed by atoms with Gasteiger partial charge < -0.3 is 14.8 Å². The maximum absolute atomic E-state index is 13.1. The van der Waals surface area contributed by atoms with Crippen LogP contribution in [0.3, 0.4) is 0 Å². The molecule has 148 valence electrons. The molecule has 2 aliphatic rings. The lowest BCUT2D eigenvalue weighted by molar-refractivity contribution is -0.0338. The fourth-order valence-corrected chi connectivity index (χ4v) is 4.68. The van der Waals surface area contributed by atoms with Crippen LogP contribution in [0.2, 0.25) is 0 Å². The number of hydrogen-bond acceptors (Lipinski definition) is 3. The number of rotatable bonds is 2. The summed E-state index contributed by atoms with van der Waals surface area (Å²) in [6.45, 7) is 4.95. The maximum Gasteiger partial charge on any atom is 0.253 e. The Bertz CT molecular complexity index is 1080. The summed E-state index contributed by atoms with van der Waals surface area (Å²) in [5.41, 5.74) is 4.35. The van der Waals surface area contributed by atoms with Crippen LogP contribution in [0.15, 0.2) is 48.8 Å². The molecule has 1 spiro atoms. The lowest BCUT2D eigenvalue weighted by atomic mass is 9.73. The number of nitrogens with one attached hydrogen (secondary N) is 1. The lowest BCUT2D eigenvalue weighted by Crippen LogP contribution is -2.64.